The van der Waals surface area contributed by atoms with Crippen LogP contribution in [0.25, 0.3) is 0 Å². The van der Waals surface area contributed by atoms with Gasteiger partial charge in [0, 0.05) is 12.4 Å². The highest BCUT2D eigenvalue weighted by atomic mass is 16.8. The van der Waals surface area contributed by atoms with E-state index in [1.807, 2.05) is 30.3 Å². The third-order valence-electron chi connectivity index (χ3n) is 5.30. The van der Waals surface area contributed by atoms with Gasteiger partial charge in [0.2, 0.25) is 5.60 Å². The summed E-state index contributed by atoms with van der Waals surface area (Å²) < 4.78 is 17.2. The smallest absolute Gasteiger partial charge is 0.353 e. The zero-order valence-electron chi connectivity index (χ0n) is 18.2. The molecule has 0 spiro atoms. The molecule has 0 bridgehead atoms. The molecule has 2 aromatic rings. The van der Waals surface area contributed by atoms with Crippen LogP contribution in [0.5, 0.6) is 6.01 Å². The molecule has 0 aliphatic carbocycles. The molecule has 1 aliphatic heterocycles. The predicted octanol–water partition coefficient (Wildman–Crippen LogP) is 4.96. The number of esters is 1. The summed E-state index contributed by atoms with van der Waals surface area (Å²) >= 11 is 0. The Morgan fingerprint density at radius 2 is 1.70 bits per heavy atom. The Hall–Kier alpha value is -2.31. The second-order valence-corrected chi connectivity index (χ2v) is 8.26. The first-order valence-electron chi connectivity index (χ1n) is 10.9. The van der Waals surface area contributed by atoms with Crippen molar-refractivity contribution in [2.75, 3.05) is 6.61 Å². The van der Waals surface area contributed by atoms with Crippen molar-refractivity contribution < 1.29 is 19.0 Å². The van der Waals surface area contributed by atoms with Crippen molar-refractivity contribution in [2.45, 2.75) is 77.1 Å². The SMILES string of the molecule is CCCCCCCCc1cnc(OC(=O)[C@@]2(c3ccccc3)COC(C)(C)O2)nc1. The number of carbonyl (C=O) groups is 1. The summed E-state index contributed by atoms with van der Waals surface area (Å²) in [6.07, 6.45) is 11.8. The molecule has 3 rings (SSSR count). The molecule has 30 heavy (non-hydrogen) atoms. The van der Waals surface area contributed by atoms with E-state index < -0.39 is 17.4 Å². The van der Waals surface area contributed by atoms with Crippen LogP contribution in [0.4, 0.5) is 0 Å². The summed E-state index contributed by atoms with van der Waals surface area (Å²) in [6.45, 7) is 5.84. The predicted molar refractivity (Wildman–Crippen MR) is 114 cm³/mol. The van der Waals surface area contributed by atoms with Crippen molar-refractivity contribution in [3.63, 3.8) is 0 Å². The van der Waals surface area contributed by atoms with E-state index in [2.05, 4.69) is 16.9 Å². The first-order chi connectivity index (χ1) is 14.5. The maximum absolute atomic E-state index is 13.1. The summed E-state index contributed by atoms with van der Waals surface area (Å²) in [7, 11) is 0. The molecular formula is C24H32N2O4. The van der Waals surface area contributed by atoms with Gasteiger partial charge in [-0.2, -0.15) is 0 Å². The molecule has 1 fully saturated rings. The Kier molecular flexibility index (Phi) is 7.56. The maximum Gasteiger partial charge on any atom is 0.353 e. The van der Waals surface area contributed by atoms with Crippen molar-refractivity contribution in [3.8, 4) is 6.01 Å². The number of aromatic nitrogens is 2. The van der Waals surface area contributed by atoms with Gasteiger partial charge < -0.3 is 14.2 Å². The number of carbonyl (C=O) groups excluding carboxylic acids is 1. The fourth-order valence-electron chi connectivity index (χ4n) is 3.62. The molecule has 6 heteroatoms. The Balaban J connectivity index is 1.61. The van der Waals surface area contributed by atoms with Crippen LogP contribution in [-0.4, -0.2) is 28.3 Å². The fourth-order valence-corrected chi connectivity index (χ4v) is 3.62. The Bertz CT molecular complexity index is 808. The van der Waals surface area contributed by atoms with Crippen molar-refractivity contribution >= 4 is 5.97 Å². The van der Waals surface area contributed by atoms with Crippen molar-refractivity contribution in [2.24, 2.45) is 0 Å². The molecule has 1 aromatic carbocycles. The lowest BCUT2D eigenvalue weighted by Crippen LogP contribution is -2.43. The fraction of sp³-hybridized carbons (Fsp3) is 0.542. The van der Waals surface area contributed by atoms with E-state index in [1.54, 1.807) is 26.2 Å². The first-order valence-corrected chi connectivity index (χ1v) is 10.9. The van der Waals surface area contributed by atoms with Gasteiger partial charge in [-0.25, -0.2) is 14.8 Å². The topological polar surface area (TPSA) is 70.5 Å². The molecule has 6 nitrogen and oxygen atoms in total. The van der Waals surface area contributed by atoms with E-state index in [9.17, 15) is 4.79 Å². The highest BCUT2D eigenvalue weighted by molar-refractivity contribution is 5.83. The van der Waals surface area contributed by atoms with Gasteiger partial charge >= 0.3 is 12.0 Å². The highest BCUT2D eigenvalue weighted by Gasteiger charge is 2.54. The van der Waals surface area contributed by atoms with Crippen LogP contribution < -0.4 is 4.74 Å². The van der Waals surface area contributed by atoms with Crippen LogP contribution in [-0.2, 0) is 26.3 Å². The lowest BCUT2D eigenvalue weighted by molar-refractivity contribution is -0.185. The minimum absolute atomic E-state index is 0.0234. The van der Waals surface area contributed by atoms with Crippen molar-refractivity contribution in [1.29, 1.82) is 0 Å². The van der Waals surface area contributed by atoms with Crippen LogP contribution in [0.2, 0.25) is 0 Å². The molecule has 0 unspecified atom stereocenters. The van der Waals surface area contributed by atoms with Gasteiger partial charge in [-0.05, 0) is 37.8 Å². The van der Waals surface area contributed by atoms with E-state index in [0.29, 0.717) is 5.56 Å². The molecule has 0 radical (unpaired) electrons. The summed E-state index contributed by atoms with van der Waals surface area (Å²) in [4.78, 5) is 21.6. The normalized spacial score (nSPS) is 20.2. The Morgan fingerprint density at radius 3 is 2.33 bits per heavy atom. The van der Waals surface area contributed by atoms with E-state index in [4.69, 9.17) is 14.2 Å². The van der Waals surface area contributed by atoms with Crippen molar-refractivity contribution in [3.05, 3.63) is 53.9 Å². The third-order valence-corrected chi connectivity index (χ3v) is 5.30. The van der Waals surface area contributed by atoms with E-state index >= 15 is 0 Å². The van der Waals surface area contributed by atoms with E-state index in [0.717, 1.165) is 18.4 Å². The molecule has 1 aliphatic rings. The van der Waals surface area contributed by atoms with Crippen LogP contribution >= 0.6 is 0 Å². The third kappa shape index (κ3) is 5.64. The van der Waals surface area contributed by atoms with Gasteiger partial charge in [-0.15, -0.1) is 0 Å². The number of ether oxygens (including phenoxy) is 3. The molecule has 2 heterocycles. The van der Waals surface area contributed by atoms with Crippen LogP contribution in [0.3, 0.4) is 0 Å². The minimum Gasteiger partial charge on any atom is -0.388 e. The van der Waals surface area contributed by atoms with Crippen LogP contribution in [0, 0.1) is 0 Å². The number of hydrogen-bond acceptors (Lipinski definition) is 6. The highest BCUT2D eigenvalue weighted by Crippen LogP contribution is 2.39. The number of hydrogen-bond donors (Lipinski definition) is 0. The molecule has 1 atom stereocenters. The molecule has 1 aromatic heterocycles. The molecule has 0 saturated carbocycles. The van der Waals surface area contributed by atoms with Crippen LogP contribution in [0.1, 0.15) is 70.4 Å². The Labute approximate surface area is 179 Å². The van der Waals surface area contributed by atoms with Gasteiger partial charge in [0.25, 0.3) is 0 Å². The largest absolute Gasteiger partial charge is 0.388 e. The number of benzene rings is 1. The number of rotatable bonds is 10. The Morgan fingerprint density at radius 1 is 1.03 bits per heavy atom. The van der Waals surface area contributed by atoms with Gasteiger partial charge in [0.15, 0.2) is 5.79 Å². The summed E-state index contributed by atoms with van der Waals surface area (Å²) in [5.74, 6) is -1.47. The molecule has 0 N–H and O–H groups in total. The quantitative estimate of drug-likeness (QED) is 0.406. The summed E-state index contributed by atoms with van der Waals surface area (Å²) in [5.41, 5.74) is 0.385. The maximum atomic E-state index is 13.1. The monoisotopic (exact) mass is 412 g/mol. The van der Waals surface area contributed by atoms with Crippen molar-refractivity contribution in [1.82, 2.24) is 9.97 Å². The molecule has 162 valence electrons. The van der Waals surface area contributed by atoms with E-state index in [1.165, 1.54) is 32.1 Å². The first kappa shape index (κ1) is 22.4. The standard InChI is InChI=1S/C24H32N2O4/c1-4-5-6-7-8-10-13-19-16-25-22(26-17-19)29-21(27)24(18-28-23(2,3)30-24)20-14-11-9-12-15-20/h9,11-12,14-17H,4-8,10,13,18H2,1-3H3/t24-/m0/s1. The lowest BCUT2D eigenvalue weighted by Gasteiger charge is -2.27. The second kappa shape index (κ2) is 10.1. The van der Waals surface area contributed by atoms with Gasteiger partial charge in [-0.1, -0.05) is 69.4 Å². The number of nitrogens with zero attached hydrogens (tertiary/aromatic N) is 2. The second-order valence-electron chi connectivity index (χ2n) is 8.26. The molecule has 1 saturated heterocycles. The van der Waals surface area contributed by atoms with Gasteiger partial charge in [0.1, 0.15) is 0 Å². The summed E-state index contributed by atoms with van der Waals surface area (Å²) in [5, 5.41) is 0. The number of unbranched alkanes of at least 4 members (excludes halogenated alkanes) is 5. The van der Waals surface area contributed by atoms with Gasteiger partial charge in [-0.3, -0.25) is 0 Å². The zero-order chi connectivity index (χ0) is 21.5. The molecular weight excluding hydrogens is 380 g/mol. The number of aryl methyl sites for hydroxylation is 1. The zero-order valence-corrected chi connectivity index (χ0v) is 18.2. The molecule has 0 amide bonds. The van der Waals surface area contributed by atoms with Gasteiger partial charge in [0.05, 0.1) is 6.61 Å². The van der Waals surface area contributed by atoms with E-state index in [-0.39, 0.29) is 12.6 Å². The average Bonchev–Trinajstić information content (AvgIpc) is 3.09. The average molecular weight is 413 g/mol. The lowest BCUT2D eigenvalue weighted by atomic mass is 9.95. The minimum atomic E-state index is -1.34. The summed E-state index contributed by atoms with van der Waals surface area (Å²) in [6, 6.07) is 9.27. The van der Waals surface area contributed by atoms with Crippen LogP contribution in [0.15, 0.2) is 42.7 Å².